The second-order valence-corrected chi connectivity index (χ2v) is 6.27. The molecule has 0 unspecified atom stereocenters. The molecule has 2 aliphatic rings. The molecule has 0 aromatic carbocycles. The van der Waals surface area contributed by atoms with Crippen LogP contribution in [-0.4, -0.2) is 48.8 Å². The molecule has 2 aliphatic carbocycles. The first kappa shape index (κ1) is 14.3. The van der Waals surface area contributed by atoms with Gasteiger partial charge in [-0.05, 0) is 37.6 Å². The maximum absolute atomic E-state index is 9.28. The highest BCUT2D eigenvalue weighted by Crippen LogP contribution is 2.40. The largest absolute Gasteiger partial charge is 0.395 e. The maximum Gasteiger partial charge on any atom is 0.0558 e. The molecule has 0 aliphatic heterocycles. The minimum atomic E-state index is 0.313. The number of aliphatic hydroxyl groups excluding tert-OH is 1. The Bertz CT molecular complexity index is 235. The second kappa shape index (κ2) is 6.88. The summed E-state index contributed by atoms with van der Waals surface area (Å²) in [6, 6.07) is 0.760. The molecule has 2 rings (SSSR count). The number of rotatable bonds is 8. The minimum absolute atomic E-state index is 0.313. The van der Waals surface area contributed by atoms with Crippen molar-refractivity contribution in [1.29, 1.82) is 0 Å². The number of aliphatic hydroxyl groups is 1. The highest BCUT2D eigenvalue weighted by atomic mass is 16.3. The summed E-state index contributed by atoms with van der Waals surface area (Å²) in [6.45, 7) is 6.82. The predicted molar refractivity (Wildman–Crippen MR) is 75.7 cm³/mol. The molecular formula is C15H30N2O. The summed E-state index contributed by atoms with van der Waals surface area (Å²) < 4.78 is 0. The molecule has 0 spiro atoms. The monoisotopic (exact) mass is 254 g/mol. The normalized spacial score (nSPS) is 23.5. The van der Waals surface area contributed by atoms with Crippen molar-refractivity contribution in [3.63, 3.8) is 0 Å². The Labute approximate surface area is 112 Å². The SMILES string of the molecule is CCNCC1(CN(CCO)C2CCC2)CCCC1. The molecule has 0 amide bonds. The van der Waals surface area contributed by atoms with Crippen LogP contribution in [0.3, 0.4) is 0 Å². The van der Waals surface area contributed by atoms with Crippen LogP contribution in [0.5, 0.6) is 0 Å². The van der Waals surface area contributed by atoms with Gasteiger partial charge in [0, 0.05) is 25.7 Å². The van der Waals surface area contributed by atoms with Gasteiger partial charge in [0.2, 0.25) is 0 Å². The van der Waals surface area contributed by atoms with Crippen molar-refractivity contribution in [3.8, 4) is 0 Å². The first-order valence-electron chi connectivity index (χ1n) is 7.85. The van der Waals surface area contributed by atoms with Gasteiger partial charge in [-0.25, -0.2) is 0 Å². The average Bonchev–Trinajstić information content (AvgIpc) is 2.73. The molecule has 106 valence electrons. The fourth-order valence-electron chi connectivity index (χ4n) is 3.61. The van der Waals surface area contributed by atoms with E-state index in [9.17, 15) is 5.11 Å². The minimum Gasteiger partial charge on any atom is -0.395 e. The van der Waals surface area contributed by atoms with Gasteiger partial charge in [0.1, 0.15) is 0 Å². The van der Waals surface area contributed by atoms with E-state index < -0.39 is 0 Å². The molecule has 0 aromatic heterocycles. The van der Waals surface area contributed by atoms with Crippen LogP contribution in [0.15, 0.2) is 0 Å². The highest BCUT2D eigenvalue weighted by Gasteiger charge is 2.37. The lowest BCUT2D eigenvalue weighted by Gasteiger charge is -2.43. The summed E-state index contributed by atoms with van der Waals surface area (Å²) in [6.07, 6.45) is 9.59. The molecule has 18 heavy (non-hydrogen) atoms. The van der Waals surface area contributed by atoms with Gasteiger partial charge in [0.05, 0.1) is 6.61 Å². The molecule has 3 nitrogen and oxygen atoms in total. The predicted octanol–water partition coefficient (Wildman–Crippen LogP) is 2.00. The number of nitrogens with zero attached hydrogens (tertiary/aromatic N) is 1. The Balaban J connectivity index is 1.92. The zero-order chi connectivity index (χ0) is 12.8. The number of hydrogen-bond donors (Lipinski definition) is 2. The van der Waals surface area contributed by atoms with Crippen molar-refractivity contribution >= 4 is 0 Å². The molecule has 2 N–H and O–H groups in total. The van der Waals surface area contributed by atoms with Gasteiger partial charge in [-0.1, -0.05) is 26.2 Å². The molecular weight excluding hydrogens is 224 g/mol. The Hall–Kier alpha value is -0.120. The molecule has 0 saturated heterocycles. The third kappa shape index (κ3) is 3.46. The lowest BCUT2D eigenvalue weighted by atomic mass is 9.83. The van der Waals surface area contributed by atoms with E-state index in [0.717, 1.165) is 25.7 Å². The van der Waals surface area contributed by atoms with Crippen molar-refractivity contribution in [2.24, 2.45) is 5.41 Å². The molecule has 2 fully saturated rings. The molecule has 0 bridgehead atoms. The van der Waals surface area contributed by atoms with Gasteiger partial charge < -0.3 is 10.4 Å². The smallest absolute Gasteiger partial charge is 0.0558 e. The molecule has 3 heteroatoms. The number of nitrogens with one attached hydrogen (secondary N) is 1. The molecule has 2 saturated carbocycles. The van der Waals surface area contributed by atoms with Crippen molar-refractivity contribution in [2.45, 2.75) is 57.9 Å². The van der Waals surface area contributed by atoms with Crippen LogP contribution in [-0.2, 0) is 0 Å². The number of hydrogen-bond acceptors (Lipinski definition) is 3. The third-order valence-electron chi connectivity index (χ3n) is 4.93. The fourth-order valence-corrected chi connectivity index (χ4v) is 3.61. The van der Waals surface area contributed by atoms with E-state index in [1.54, 1.807) is 0 Å². The van der Waals surface area contributed by atoms with Crippen LogP contribution in [0.25, 0.3) is 0 Å². The summed E-state index contributed by atoms with van der Waals surface area (Å²) in [5.74, 6) is 0. The van der Waals surface area contributed by atoms with E-state index in [0.29, 0.717) is 12.0 Å². The van der Waals surface area contributed by atoms with Crippen LogP contribution >= 0.6 is 0 Å². The van der Waals surface area contributed by atoms with Gasteiger partial charge >= 0.3 is 0 Å². The van der Waals surface area contributed by atoms with Crippen molar-refractivity contribution in [1.82, 2.24) is 10.2 Å². The van der Waals surface area contributed by atoms with Gasteiger partial charge in [-0.2, -0.15) is 0 Å². The lowest BCUT2D eigenvalue weighted by Crippen LogP contribution is -2.49. The van der Waals surface area contributed by atoms with Crippen molar-refractivity contribution in [2.75, 3.05) is 32.8 Å². The highest BCUT2D eigenvalue weighted by molar-refractivity contribution is 4.92. The van der Waals surface area contributed by atoms with Crippen molar-refractivity contribution < 1.29 is 5.11 Å². The fraction of sp³-hybridized carbons (Fsp3) is 1.00. The molecule has 0 radical (unpaired) electrons. The van der Waals surface area contributed by atoms with Crippen LogP contribution in [0, 0.1) is 5.41 Å². The summed E-state index contributed by atoms with van der Waals surface area (Å²) >= 11 is 0. The van der Waals surface area contributed by atoms with E-state index >= 15 is 0 Å². The molecule has 0 atom stereocenters. The maximum atomic E-state index is 9.28. The van der Waals surface area contributed by atoms with E-state index in [2.05, 4.69) is 17.1 Å². The summed E-state index contributed by atoms with van der Waals surface area (Å²) in [5.41, 5.74) is 0.487. The van der Waals surface area contributed by atoms with Crippen molar-refractivity contribution in [3.05, 3.63) is 0 Å². The second-order valence-electron chi connectivity index (χ2n) is 6.27. The first-order chi connectivity index (χ1) is 8.79. The van der Waals surface area contributed by atoms with Crippen LogP contribution in [0.4, 0.5) is 0 Å². The first-order valence-corrected chi connectivity index (χ1v) is 7.85. The van der Waals surface area contributed by atoms with Gasteiger partial charge in [0.25, 0.3) is 0 Å². The van der Waals surface area contributed by atoms with Crippen LogP contribution in [0.1, 0.15) is 51.9 Å². The lowest BCUT2D eigenvalue weighted by molar-refractivity contribution is 0.0541. The summed E-state index contributed by atoms with van der Waals surface area (Å²) in [7, 11) is 0. The topological polar surface area (TPSA) is 35.5 Å². The van der Waals surface area contributed by atoms with Crippen LogP contribution < -0.4 is 5.32 Å². The third-order valence-corrected chi connectivity index (χ3v) is 4.93. The molecule has 0 aromatic rings. The van der Waals surface area contributed by atoms with Crippen LogP contribution in [0.2, 0.25) is 0 Å². The van der Waals surface area contributed by atoms with E-state index in [-0.39, 0.29) is 0 Å². The standard InChI is InChI=1S/C15H30N2O/c1-2-16-12-15(8-3-4-9-15)13-17(10-11-18)14-6-5-7-14/h14,16,18H,2-13H2,1H3. The Morgan fingerprint density at radius 1 is 1.22 bits per heavy atom. The molecule has 0 heterocycles. The zero-order valence-corrected chi connectivity index (χ0v) is 12.0. The Morgan fingerprint density at radius 2 is 1.94 bits per heavy atom. The quantitative estimate of drug-likeness (QED) is 0.695. The van der Waals surface area contributed by atoms with E-state index in [1.165, 1.54) is 51.5 Å². The summed E-state index contributed by atoms with van der Waals surface area (Å²) in [5, 5.41) is 12.8. The Kier molecular flexibility index (Phi) is 5.46. The zero-order valence-electron chi connectivity index (χ0n) is 12.0. The van der Waals surface area contributed by atoms with E-state index in [1.807, 2.05) is 0 Å². The van der Waals surface area contributed by atoms with E-state index in [4.69, 9.17) is 0 Å². The Morgan fingerprint density at radius 3 is 2.44 bits per heavy atom. The summed E-state index contributed by atoms with van der Waals surface area (Å²) in [4.78, 5) is 2.58. The van der Waals surface area contributed by atoms with Gasteiger partial charge in [-0.3, -0.25) is 4.90 Å². The average molecular weight is 254 g/mol. The van der Waals surface area contributed by atoms with Gasteiger partial charge in [-0.15, -0.1) is 0 Å². The van der Waals surface area contributed by atoms with Gasteiger partial charge in [0.15, 0.2) is 0 Å².